The second kappa shape index (κ2) is 5.94. The molecule has 1 rings (SSSR count). The number of para-hydroxylation sites is 1. The van der Waals surface area contributed by atoms with Crippen LogP contribution in [0.1, 0.15) is 13.8 Å². The van der Waals surface area contributed by atoms with E-state index in [0.717, 1.165) is 0 Å². The van der Waals surface area contributed by atoms with Crippen LogP contribution in [0.2, 0.25) is 10.0 Å². The van der Waals surface area contributed by atoms with Crippen LogP contribution in [0.5, 0.6) is 0 Å². The SMILES string of the molecule is CCS(=O)(=O)CC(C)Nc1c(Cl)cccc1Cl. The normalized spacial score (nSPS) is 13.4. The molecule has 17 heavy (non-hydrogen) atoms. The highest BCUT2D eigenvalue weighted by Crippen LogP contribution is 2.30. The number of hydrogen-bond acceptors (Lipinski definition) is 3. The van der Waals surface area contributed by atoms with E-state index in [1.165, 1.54) is 0 Å². The van der Waals surface area contributed by atoms with Gasteiger partial charge >= 0.3 is 0 Å². The van der Waals surface area contributed by atoms with Gasteiger partial charge in [-0.3, -0.25) is 0 Å². The Hall–Kier alpha value is -0.450. The predicted molar refractivity (Wildman–Crippen MR) is 73.9 cm³/mol. The zero-order chi connectivity index (χ0) is 13.1. The van der Waals surface area contributed by atoms with Gasteiger partial charge in [0.15, 0.2) is 9.84 Å². The van der Waals surface area contributed by atoms with Gasteiger partial charge in [0.05, 0.1) is 21.5 Å². The summed E-state index contributed by atoms with van der Waals surface area (Å²) in [7, 11) is -3.01. The number of halogens is 2. The molecule has 0 aliphatic rings. The van der Waals surface area contributed by atoms with E-state index >= 15 is 0 Å². The fourth-order valence-electron chi connectivity index (χ4n) is 1.42. The number of anilines is 1. The van der Waals surface area contributed by atoms with Gasteiger partial charge in [-0.15, -0.1) is 0 Å². The number of sulfone groups is 1. The number of nitrogens with one attached hydrogen (secondary N) is 1. The van der Waals surface area contributed by atoms with Gasteiger partial charge in [0.2, 0.25) is 0 Å². The van der Waals surface area contributed by atoms with E-state index in [4.69, 9.17) is 23.2 Å². The fraction of sp³-hybridized carbons (Fsp3) is 0.455. The molecule has 96 valence electrons. The maximum atomic E-state index is 11.5. The van der Waals surface area contributed by atoms with Gasteiger partial charge < -0.3 is 5.32 Å². The van der Waals surface area contributed by atoms with Crippen LogP contribution < -0.4 is 5.32 Å². The van der Waals surface area contributed by atoms with Gasteiger partial charge in [-0.05, 0) is 19.1 Å². The van der Waals surface area contributed by atoms with Gasteiger partial charge in [-0.2, -0.15) is 0 Å². The molecule has 1 aromatic carbocycles. The highest BCUT2D eigenvalue weighted by Gasteiger charge is 2.15. The molecule has 0 bridgehead atoms. The summed E-state index contributed by atoms with van der Waals surface area (Å²) in [5, 5.41) is 3.99. The monoisotopic (exact) mass is 295 g/mol. The first-order chi connectivity index (χ1) is 7.85. The Bertz CT molecular complexity index is 468. The second-order valence-corrected chi connectivity index (χ2v) is 7.05. The number of benzene rings is 1. The van der Waals surface area contributed by atoms with Crippen LogP contribution in [0.25, 0.3) is 0 Å². The van der Waals surface area contributed by atoms with Gasteiger partial charge in [0.25, 0.3) is 0 Å². The van der Waals surface area contributed by atoms with E-state index in [-0.39, 0.29) is 17.5 Å². The molecule has 0 radical (unpaired) electrons. The van der Waals surface area contributed by atoms with Gasteiger partial charge in [-0.1, -0.05) is 36.2 Å². The Labute approximate surface area is 112 Å². The molecule has 1 aromatic rings. The second-order valence-electron chi connectivity index (χ2n) is 3.84. The lowest BCUT2D eigenvalue weighted by molar-refractivity contribution is 0.593. The first-order valence-electron chi connectivity index (χ1n) is 5.26. The lowest BCUT2D eigenvalue weighted by Gasteiger charge is -2.17. The van der Waals surface area contributed by atoms with Crippen molar-refractivity contribution in [2.24, 2.45) is 0 Å². The summed E-state index contributed by atoms with van der Waals surface area (Å²) in [6, 6.07) is 4.91. The molecule has 1 atom stereocenters. The summed E-state index contributed by atoms with van der Waals surface area (Å²) < 4.78 is 22.9. The van der Waals surface area contributed by atoms with Crippen molar-refractivity contribution in [3.63, 3.8) is 0 Å². The van der Waals surface area contributed by atoms with Crippen LogP contribution in [0.15, 0.2) is 18.2 Å². The third-order valence-electron chi connectivity index (χ3n) is 2.30. The predicted octanol–water partition coefficient (Wildman–Crippen LogP) is 3.23. The highest BCUT2D eigenvalue weighted by molar-refractivity contribution is 7.91. The first kappa shape index (κ1) is 14.6. The van der Waals surface area contributed by atoms with Crippen LogP contribution in [0.3, 0.4) is 0 Å². The van der Waals surface area contributed by atoms with Crippen LogP contribution in [-0.2, 0) is 9.84 Å². The Morgan fingerprint density at radius 1 is 1.29 bits per heavy atom. The molecule has 0 amide bonds. The minimum Gasteiger partial charge on any atom is -0.379 e. The lowest BCUT2D eigenvalue weighted by Crippen LogP contribution is -2.26. The topological polar surface area (TPSA) is 46.2 Å². The van der Waals surface area contributed by atoms with Crippen LogP contribution in [-0.4, -0.2) is 26.0 Å². The third-order valence-corrected chi connectivity index (χ3v) is 4.81. The zero-order valence-corrected chi connectivity index (χ0v) is 12.0. The summed E-state index contributed by atoms with van der Waals surface area (Å²) in [5.74, 6) is 0.195. The maximum absolute atomic E-state index is 11.5. The summed E-state index contributed by atoms with van der Waals surface area (Å²) in [6.45, 7) is 3.41. The molecule has 0 saturated heterocycles. The van der Waals surface area contributed by atoms with Crippen molar-refractivity contribution in [3.05, 3.63) is 28.2 Å². The Kier molecular flexibility index (Phi) is 5.10. The third kappa shape index (κ3) is 4.37. The number of hydrogen-bond donors (Lipinski definition) is 1. The fourth-order valence-corrected chi connectivity index (χ4v) is 3.01. The molecule has 0 aromatic heterocycles. The van der Waals surface area contributed by atoms with Crippen molar-refractivity contribution < 1.29 is 8.42 Å². The molecule has 0 spiro atoms. The molecular formula is C11H15Cl2NO2S. The largest absolute Gasteiger partial charge is 0.379 e. The molecule has 0 aliphatic heterocycles. The standard InChI is InChI=1S/C11H15Cl2NO2S/c1-3-17(15,16)7-8(2)14-11-9(12)5-4-6-10(11)13/h4-6,8,14H,3,7H2,1-2H3. The molecule has 0 heterocycles. The van der Waals surface area contributed by atoms with Crippen molar-refractivity contribution in [2.45, 2.75) is 19.9 Å². The maximum Gasteiger partial charge on any atom is 0.152 e. The Morgan fingerprint density at radius 2 is 1.82 bits per heavy atom. The van der Waals surface area contributed by atoms with E-state index in [2.05, 4.69) is 5.32 Å². The van der Waals surface area contributed by atoms with Crippen molar-refractivity contribution in [2.75, 3.05) is 16.8 Å². The van der Waals surface area contributed by atoms with Gasteiger partial charge in [0.1, 0.15) is 0 Å². The summed E-state index contributed by atoms with van der Waals surface area (Å²) >= 11 is 12.0. The minimum absolute atomic E-state index is 0.0606. The van der Waals surface area contributed by atoms with Crippen LogP contribution in [0.4, 0.5) is 5.69 Å². The molecular weight excluding hydrogens is 281 g/mol. The minimum atomic E-state index is -3.01. The summed E-state index contributed by atoms with van der Waals surface area (Å²) in [4.78, 5) is 0. The molecule has 6 heteroatoms. The van der Waals surface area contributed by atoms with E-state index in [1.807, 2.05) is 0 Å². The molecule has 0 saturated carbocycles. The van der Waals surface area contributed by atoms with E-state index in [0.29, 0.717) is 15.7 Å². The average Bonchev–Trinajstić information content (AvgIpc) is 2.23. The zero-order valence-electron chi connectivity index (χ0n) is 9.70. The smallest absolute Gasteiger partial charge is 0.152 e. The first-order valence-corrected chi connectivity index (χ1v) is 7.84. The van der Waals surface area contributed by atoms with Crippen molar-refractivity contribution >= 4 is 38.7 Å². The number of rotatable bonds is 5. The van der Waals surface area contributed by atoms with E-state index in [9.17, 15) is 8.42 Å². The summed E-state index contributed by atoms with van der Waals surface area (Å²) in [5.41, 5.74) is 0.578. The highest BCUT2D eigenvalue weighted by atomic mass is 35.5. The van der Waals surface area contributed by atoms with Crippen molar-refractivity contribution in [1.82, 2.24) is 0 Å². The van der Waals surface area contributed by atoms with Crippen LogP contribution in [0, 0.1) is 0 Å². The molecule has 3 nitrogen and oxygen atoms in total. The molecule has 1 N–H and O–H groups in total. The van der Waals surface area contributed by atoms with E-state index < -0.39 is 9.84 Å². The van der Waals surface area contributed by atoms with Gasteiger partial charge in [0, 0.05) is 11.8 Å². The molecule has 0 aliphatic carbocycles. The Balaban J connectivity index is 2.79. The lowest BCUT2D eigenvalue weighted by atomic mass is 10.3. The van der Waals surface area contributed by atoms with Crippen molar-refractivity contribution in [1.29, 1.82) is 0 Å². The molecule has 1 unspecified atom stereocenters. The average molecular weight is 296 g/mol. The Morgan fingerprint density at radius 3 is 2.29 bits per heavy atom. The van der Waals surface area contributed by atoms with Crippen molar-refractivity contribution in [3.8, 4) is 0 Å². The van der Waals surface area contributed by atoms with Gasteiger partial charge in [-0.25, -0.2) is 8.42 Å². The quantitative estimate of drug-likeness (QED) is 0.907. The summed E-state index contributed by atoms with van der Waals surface area (Å²) in [6.07, 6.45) is 0. The molecule has 0 fully saturated rings. The van der Waals surface area contributed by atoms with E-state index in [1.54, 1.807) is 32.0 Å². The van der Waals surface area contributed by atoms with Crippen LogP contribution >= 0.6 is 23.2 Å².